The van der Waals surface area contributed by atoms with Gasteiger partial charge in [0.15, 0.2) is 4.80 Å². The van der Waals surface area contributed by atoms with Crippen LogP contribution in [0.1, 0.15) is 31.0 Å². The van der Waals surface area contributed by atoms with Crippen LogP contribution in [0.4, 0.5) is 0 Å². The maximum atomic E-state index is 13.7. The van der Waals surface area contributed by atoms with Crippen molar-refractivity contribution < 1.29 is 24.1 Å². The lowest BCUT2D eigenvalue weighted by atomic mass is 9.94. The van der Waals surface area contributed by atoms with Crippen LogP contribution in [0.3, 0.4) is 0 Å². The highest BCUT2D eigenvalue weighted by Crippen LogP contribution is 2.37. The smallest absolute Gasteiger partial charge is 0.338 e. The zero-order valence-electron chi connectivity index (χ0n) is 19.5. The average Bonchev–Trinajstić information content (AvgIpc) is 3.14. The summed E-state index contributed by atoms with van der Waals surface area (Å²) in [6, 6.07) is 9.31. The summed E-state index contributed by atoms with van der Waals surface area (Å²) in [5, 5.41) is 10.3. The number of esters is 1. The van der Waals surface area contributed by atoms with Crippen molar-refractivity contribution in [3.8, 4) is 17.2 Å². The fourth-order valence-electron chi connectivity index (χ4n) is 3.92. The molecule has 0 spiro atoms. The van der Waals surface area contributed by atoms with E-state index < -0.39 is 12.0 Å². The lowest BCUT2D eigenvalue weighted by molar-refractivity contribution is -0.139. The number of phenols is 1. The summed E-state index contributed by atoms with van der Waals surface area (Å²) >= 11 is 4.56. The molecule has 2 heterocycles. The highest BCUT2D eigenvalue weighted by molar-refractivity contribution is 9.10. The van der Waals surface area contributed by atoms with Crippen molar-refractivity contribution in [2.24, 2.45) is 4.99 Å². The molecule has 0 radical (unpaired) electrons. The van der Waals surface area contributed by atoms with Crippen LogP contribution in [-0.4, -0.2) is 36.5 Å². The van der Waals surface area contributed by atoms with Crippen LogP contribution in [-0.2, 0) is 9.53 Å². The fourth-order valence-corrected chi connectivity index (χ4v) is 5.34. The third-order valence-corrected chi connectivity index (χ3v) is 7.00. The first kappa shape index (κ1) is 24.7. The third kappa shape index (κ3) is 4.63. The Morgan fingerprint density at radius 1 is 1.23 bits per heavy atom. The Bertz CT molecular complexity index is 1520. The van der Waals surface area contributed by atoms with Gasteiger partial charge in [-0.3, -0.25) is 9.36 Å². The van der Waals surface area contributed by atoms with Gasteiger partial charge in [0, 0.05) is 15.6 Å². The zero-order valence-corrected chi connectivity index (χ0v) is 21.9. The first-order valence-electron chi connectivity index (χ1n) is 10.7. The van der Waals surface area contributed by atoms with Gasteiger partial charge in [-0.1, -0.05) is 27.3 Å². The van der Waals surface area contributed by atoms with E-state index in [1.807, 2.05) is 0 Å². The molecule has 10 heteroatoms. The van der Waals surface area contributed by atoms with Gasteiger partial charge < -0.3 is 19.3 Å². The molecule has 1 atom stereocenters. The van der Waals surface area contributed by atoms with Gasteiger partial charge in [-0.15, -0.1) is 0 Å². The molecule has 2 aromatic carbocycles. The molecule has 0 saturated heterocycles. The van der Waals surface area contributed by atoms with Gasteiger partial charge in [0.25, 0.3) is 5.56 Å². The number of carbonyl (C=O) groups is 1. The number of aromatic nitrogens is 1. The molecule has 1 aromatic heterocycles. The monoisotopic (exact) mass is 558 g/mol. The summed E-state index contributed by atoms with van der Waals surface area (Å²) in [6.07, 6.45) is 1.60. The number of methoxy groups -OCH3 is 2. The van der Waals surface area contributed by atoms with Gasteiger partial charge in [0.1, 0.15) is 23.3 Å². The van der Waals surface area contributed by atoms with Gasteiger partial charge >= 0.3 is 5.97 Å². The molecule has 0 unspecified atom stereocenters. The third-order valence-electron chi connectivity index (χ3n) is 5.52. The molecule has 0 aliphatic carbocycles. The molecular weight excluding hydrogens is 536 g/mol. The van der Waals surface area contributed by atoms with Gasteiger partial charge in [-0.05, 0) is 56.3 Å². The van der Waals surface area contributed by atoms with Crippen molar-refractivity contribution in [3.05, 3.63) is 83.0 Å². The number of aromatic hydroxyl groups is 1. The summed E-state index contributed by atoms with van der Waals surface area (Å²) in [5.74, 6) is 0.488. The lowest BCUT2D eigenvalue weighted by Crippen LogP contribution is -2.40. The number of ether oxygens (including phenoxy) is 3. The second-order valence-corrected chi connectivity index (χ2v) is 9.54. The van der Waals surface area contributed by atoms with E-state index in [4.69, 9.17) is 14.2 Å². The van der Waals surface area contributed by atoms with E-state index in [2.05, 4.69) is 20.9 Å². The molecule has 35 heavy (non-hydrogen) atoms. The number of nitrogens with zero attached hydrogens (tertiary/aromatic N) is 2. The van der Waals surface area contributed by atoms with Crippen LogP contribution in [0.15, 0.2) is 61.9 Å². The summed E-state index contributed by atoms with van der Waals surface area (Å²) < 4.78 is 18.9. The van der Waals surface area contributed by atoms with Gasteiger partial charge in [0.2, 0.25) is 0 Å². The molecule has 182 valence electrons. The Morgan fingerprint density at radius 3 is 2.69 bits per heavy atom. The number of rotatable bonds is 6. The second-order valence-electron chi connectivity index (χ2n) is 7.61. The minimum absolute atomic E-state index is 0.0356. The van der Waals surface area contributed by atoms with E-state index in [0.717, 1.165) is 4.47 Å². The number of thiazole rings is 1. The van der Waals surface area contributed by atoms with Crippen molar-refractivity contribution in [2.75, 3.05) is 20.8 Å². The lowest BCUT2D eigenvalue weighted by Gasteiger charge is -2.26. The Hall–Kier alpha value is -3.37. The minimum Gasteiger partial charge on any atom is -0.507 e. The summed E-state index contributed by atoms with van der Waals surface area (Å²) in [7, 11) is 3.06. The summed E-state index contributed by atoms with van der Waals surface area (Å²) in [6.45, 7) is 3.60. The van der Waals surface area contributed by atoms with Crippen molar-refractivity contribution in [1.29, 1.82) is 0 Å². The number of phenolic OH excluding ortho intramolecular Hbond substituents is 1. The molecule has 4 rings (SSSR count). The number of fused-ring (bicyclic) bond motifs is 1. The van der Waals surface area contributed by atoms with Gasteiger partial charge in [0.05, 0.1) is 36.6 Å². The van der Waals surface area contributed by atoms with E-state index in [1.165, 1.54) is 30.1 Å². The number of hydrogen-bond donors (Lipinski definition) is 1. The predicted molar refractivity (Wildman–Crippen MR) is 136 cm³/mol. The topological polar surface area (TPSA) is 99.4 Å². The van der Waals surface area contributed by atoms with E-state index in [9.17, 15) is 14.7 Å². The van der Waals surface area contributed by atoms with E-state index >= 15 is 0 Å². The molecule has 1 N–H and O–H groups in total. The maximum absolute atomic E-state index is 13.7. The Kier molecular flexibility index (Phi) is 7.13. The SMILES string of the molecule is CCOC(=O)C1=C(C)N=c2s/c(=C\c3cc(Br)ccc3O)c(=O)n2[C@@H]1c1cc(OC)ccc1OC. The molecule has 0 amide bonds. The standard InChI is InChI=1S/C25H23BrN2O6S/c1-5-34-24(31)21-13(2)27-25-28(22(21)17-12-16(32-3)7-9-19(17)33-4)23(30)20(35-25)11-14-10-15(26)6-8-18(14)29/h6-12,22,29H,5H2,1-4H3/b20-11-/t22-/m1/s1. The number of allylic oxidation sites excluding steroid dienone is 1. The van der Waals surface area contributed by atoms with E-state index in [-0.39, 0.29) is 23.5 Å². The molecular formula is C25H23BrN2O6S. The molecule has 1 aliphatic heterocycles. The number of benzene rings is 2. The molecule has 0 bridgehead atoms. The Labute approximate surface area is 213 Å². The van der Waals surface area contributed by atoms with Gasteiger partial charge in [-0.2, -0.15) is 0 Å². The first-order chi connectivity index (χ1) is 16.8. The quantitative estimate of drug-likeness (QED) is 0.466. The van der Waals surface area contributed by atoms with Crippen LogP contribution in [0, 0.1) is 0 Å². The summed E-state index contributed by atoms with van der Waals surface area (Å²) in [5.41, 5.74) is 1.35. The van der Waals surface area contributed by atoms with Crippen molar-refractivity contribution >= 4 is 39.3 Å². The Balaban J connectivity index is 2.04. The predicted octanol–water partition coefficient (Wildman–Crippen LogP) is 3.28. The Morgan fingerprint density at radius 2 is 2.00 bits per heavy atom. The molecule has 8 nitrogen and oxygen atoms in total. The number of carbonyl (C=O) groups excluding carboxylic acids is 1. The normalized spacial score (nSPS) is 15.5. The first-order valence-corrected chi connectivity index (χ1v) is 12.3. The van der Waals surface area contributed by atoms with Crippen molar-refractivity contribution in [3.63, 3.8) is 0 Å². The highest BCUT2D eigenvalue weighted by atomic mass is 79.9. The largest absolute Gasteiger partial charge is 0.507 e. The minimum atomic E-state index is -0.853. The van der Waals surface area contributed by atoms with Gasteiger partial charge in [-0.25, -0.2) is 9.79 Å². The van der Waals surface area contributed by atoms with E-state index in [1.54, 1.807) is 56.3 Å². The molecule has 0 saturated carbocycles. The van der Waals surface area contributed by atoms with E-state index in [0.29, 0.717) is 37.7 Å². The number of hydrogen-bond acceptors (Lipinski definition) is 8. The fraction of sp³-hybridized carbons (Fsp3) is 0.240. The summed E-state index contributed by atoms with van der Waals surface area (Å²) in [4.78, 5) is 31.8. The van der Waals surface area contributed by atoms with Crippen LogP contribution in [0.2, 0.25) is 0 Å². The zero-order chi connectivity index (χ0) is 25.3. The number of halogens is 1. The van der Waals surface area contributed by atoms with Crippen LogP contribution >= 0.6 is 27.3 Å². The highest BCUT2D eigenvalue weighted by Gasteiger charge is 2.35. The van der Waals surface area contributed by atoms with Crippen molar-refractivity contribution in [1.82, 2.24) is 4.57 Å². The maximum Gasteiger partial charge on any atom is 0.338 e. The molecule has 0 fully saturated rings. The van der Waals surface area contributed by atoms with Crippen LogP contribution in [0.25, 0.3) is 6.08 Å². The second kappa shape index (κ2) is 10.1. The molecule has 3 aromatic rings. The average molecular weight is 559 g/mol. The van der Waals surface area contributed by atoms with Crippen LogP contribution in [0.5, 0.6) is 17.2 Å². The van der Waals surface area contributed by atoms with Crippen molar-refractivity contribution in [2.45, 2.75) is 19.9 Å². The molecule has 1 aliphatic rings. The van der Waals surface area contributed by atoms with Crippen LogP contribution < -0.4 is 24.4 Å².